The van der Waals surface area contributed by atoms with E-state index in [2.05, 4.69) is 0 Å². The Balaban J connectivity index is 2.55. The van der Waals surface area contributed by atoms with Crippen molar-refractivity contribution in [3.63, 3.8) is 0 Å². The summed E-state index contributed by atoms with van der Waals surface area (Å²) in [7, 11) is 0. The Labute approximate surface area is 83.5 Å². The van der Waals surface area contributed by atoms with E-state index in [9.17, 15) is 15.0 Å². The van der Waals surface area contributed by atoms with Crippen LogP contribution in [0.15, 0.2) is 0 Å². The van der Waals surface area contributed by atoms with Crippen LogP contribution in [-0.4, -0.2) is 52.4 Å². The van der Waals surface area contributed by atoms with Crippen LogP contribution < -0.4 is 5.73 Å². The van der Waals surface area contributed by atoms with Gasteiger partial charge in [0.05, 0.1) is 18.2 Å². The minimum absolute atomic E-state index is 0.0670. The average molecular weight is 202 g/mol. The molecule has 4 N–H and O–H groups in total. The van der Waals surface area contributed by atoms with E-state index < -0.39 is 18.2 Å². The summed E-state index contributed by atoms with van der Waals surface area (Å²) in [6, 6.07) is -0.549. The number of likely N-dealkylation sites (tertiary alicyclic amines) is 1. The molecule has 82 valence electrons. The molecule has 0 aliphatic carbocycles. The molecule has 3 atom stereocenters. The molecule has 5 nitrogen and oxygen atoms in total. The van der Waals surface area contributed by atoms with Gasteiger partial charge in [-0.15, -0.1) is 0 Å². The van der Waals surface area contributed by atoms with Gasteiger partial charge < -0.3 is 20.8 Å². The Morgan fingerprint density at radius 1 is 1.36 bits per heavy atom. The lowest BCUT2D eigenvalue weighted by molar-refractivity contribution is -0.133. The maximum atomic E-state index is 11.7. The molecule has 0 aromatic carbocycles. The molecule has 0 aromatic rings. The highest BCUT2D eigenvalue weighted by molar-refractivity contribution is 5.82. The molecule has 0 saturated carbocycles. The predicted octanol–water partition coefficient (Wildman–Crippen LogP) is -1.47. The zero-order valence-corrected chi connectivity index (χ0v) is 8.55. The third-order valence-corrected chi connectivity index (χ3v) is 2.57. The van der Waals surface area contributed by atoms with Crippen molar-refractivity contribution in [1.82, 2.24) is 4.90 Å². The monoisotopic (exact) mass is 202 g/mol. The molecular weight excluding hydrogens is 184 g/mol. The maximum Gasteiger partial charge on any atom is 0.239 e. The minimum atomic E-state index is -0.835. The number of rotatable bonds is 2. The lowest BCUT2D eigenvalue weighted by Crippen LogP contribution is -2.46. The summed E-state index contributed by atoms with van der Waals surface area (Å²) in [5, 5.41) is 18.5. The van der Waals surface area contributed by atoms with Crippen molar-refractivity contribution in [3.8, 4) is 0 Å². The number of amides is 1. The van der Waals surface area contributed by atoms with Gasteiger partial charge in [-0.25, -0.2) is 0 Å². The third-order valence-electron chi connectivity index (χ3n) is 2.57. The summed E-state index contributed by atoms with van der Waals surface area (Å²) in [6.45, 7) is 4.10. The number of hydrogen-bond acceptors (Lipinski definition) is 4. The molecule has 1 unspecified atom stereocenters. The quantitative estimate of drug-likeness (QED) is 0.510. The molecule has 0 aromatic heterocycles. The molecule has 1 rings (SSSR count). The summed E-state index contributed by atoms with van der Waals surface area (Å²) in [5.74, 6) is -0.131. The maximum absolute atomic E-state index is 11.7. The summed E-state index contributed by atoms with van der Waals surface area (Å²) >= 11 is 0. The van der Waals surface area contributed by atoms with E-state index in [4.69, 9.17) is 5.73 Å². The zero-order valence-electron chi connectivity index (χ0n) is 8.55. The highest BCUT2D eigenvalue weighted by Crippen LogP contribution is 2.13. The van der Waals surface area contributed by atoms with Crippen molar-refractivity contribution in [2.45, 2.75) is 32.1 Å². The lowest BCUT2D eigenvalue weighted by Gasteiger charge is -2.22. The first-order valence-electron chi connectivity index (χ1n) is 4.84. The van der Waals surface area contributed by atoms with Crippen LogP contribution in [0, 0.1) is 5.92 Å². The van der Waals surface area contributed by atoms with Gasteiger partial charge in [-0.05, 0) is 5.92 Å². The van der Waals surface area contributed by atoms with Gasteiger partial charge in [0.15, 0.2) is 0 Å². The Hall–Kier alpha value is -0.650. The second-order valence-electron chi connectivity index (χ2n) is 4.15. The topological polar surface area (TPSA) is 86.8 Å². The summed E-state index contributed by atoms with van der Waals surface area (Å²) in [6.07, 6.45) is -1.67. The van der Waals surface area contributed by atoms with Gasteiger partial charge in [-0.2, -0.15) is 0 Å². The fraction of sp³-hybridized carbons (Fsp3) is 0.889. The third kappa shape index (κ3) is 2.23. The number of nitrogens with zero attached hydrogens (tertiary/aromatic N) is 1. The average Bonchev–Trinajstić information content (AvgIpc) is 2.44. The first-order chi connectivity index (χ1) is 6.43. The lowest BCUT2D eigenvalue weighted by atomic mass is 10.0. The first-order valence-corrected chi connectivity index (χ1v) is 4.84. The Morgan fingerprint density at radius 2 is 1.79 bits per heavy atom. The van der Waals surface area contributed by atoms with Gasteiger partial charge in [0.1, 0.15) is 0 Å². The molecule has 1 saturated heterocycles. The van der Waals surface area contributed by atoms with Gasteiger partial charge in [-0.3, -0.25) is 4.79 Å². The van der Waals surface area contributed by atoms with Crippen molar-refractivity contribution >= 4 is 5.91 Å². The van der Waals surface area contributed by atoms with E-state index in [-0.39, 0.29) is 24.9 Å². The number of nitrogens with two attached hydrogens (primary N) is 1. The number of aliphatic hydroxyl groups is 2. The second-order valence-corrected chi connectivity index (χ2v) is 4.15. The largest absolute Gasteiger partial charge is 0.388 e. The van der Waals surface area contributed by atoms with Crippen LogP contribution in [0.25, 0.3) is 0 Å². The van der Waals surface area contributed by atoms with Gasteiger partial charge >= 0.3 is 0 Å². The normalized spacial score (nSPS) is 29.7. The van der Waals surface area contributed by atoms with Crippen LogP contribution in [0.2, 0.25) is 0 Å². The standard InChI is InChI=1S/C9H18N2O3/c1-5(2)8(10)9(14)11-3-6(12)7(13)4-11/h5-8,12-13H,3-4,10H2,1-2H3/t6-,7+,8?. The second kappa shape index (κ2) is 4.25. The SMILES string of the molecule is CC(C)C(N)C(=O)N1C[C@@H](O)[C@@H](O)C1. The van der Waals surface area contributed by atoms with Crippen LogP contribution >= 0.6 is 0 Å². The van der Waals surface area contributed by atoms with Crippen molar-refractivity contribution in [2.24, 2.45) is 11.7 Å². The fourth-order valence-corrected chi connectivity index (χ4v) is 1.45. The Kier molecular flexibility index (Phi) is 3.47. The van der Waals surface area contributed by atoms with Crippen LogP contribution in [0.5, 0.6) is 0 Å². The van der Waals surface area contributed by atoms with E-state index >= 15 is 0 Å². The van der Waals surface area contributed by atoms with Crippen molar-refractivity contribution in [2.75, 3.05) is 13.1 Å². The Morgan fingerprint density at radius 3 is 2.14 bits per heavy atom. The van der Waals surface area contributed by atoms with Crippen molar-refractivity contribution in [3.05, 3.63) is 0 Å². The number of hydrogen-bond donors (Lipinski definition) is 3. The van der Waals surface area contributed by atoms with Crippen LogP contribution in [0.4, 0.5) is 0 Å². The molecule has 0 radical (unpaired) electrons. The molecule has 1 fully saturated rings. The fourth-order valence-electron chi connectivity index (χ4n) is 1.45. The number of aliphatic hydroxyl groups excluding tert-OH is 2. The highest BCUT2D eigenvalue weighted by Gasteiger charge is 2.35. The van der Waals surface area contributed by atoms with Crippen molar-refractivity contribution in [1.29, 1.82) is 0 Å². The van der Waals surface area contributed by atoms with Gasteiger partial charge in [0.25, 0.3) is 0 Å². The van der Waals surface area contributed by atoms with Crippen LogP contribution in [0.1, 0.15) is 13.8 Å². The minimum Gasteiger partial charge on any atom is -0.388 e. The molecule has 1 aliphatic rings. The van der Waals surface area contributed by atoms with E-state index in [1.807, 2.05) is 13.8 Å². The predicted molar refractivity (Wildman–Crippen MR) is 51.4 cm³/mol. The van der Waals surface area contributed by atoms with E-state index in [1.54, 1.807) is 0 Å². The van der Waals surface area contributed by atoms with Gasteiger partial charge in [-0.1, -0.05) is 13.8 Å². The molecule has 0 bridgehead atoms. The number of β-amino-alcohol motifs (C(OH)–C–C–N with tert-alkyl or cyclic N) is 2. The summed E-state index contributed by atoms with van der Waals surface area (Å²) in [4.78, 5) is 13.1. The molecule has 1 aliphatic heterocycles. The number of carbonyl (C=O) groups is 1. The van der Waals surface area contributed by atoms with Gasteiger partial charge in [0, 0.05) is 13.1 Å². The van der Waals surface area contributed by atoms with E-state index in [0.717, 1.165) is 0 Å². The molecule has 5 heteroatoms. The van der Waals surface area contributed by atoms with Crippen molar-refractivity contribution < 1.29 is 15.0 Å². The molecule has 1 amide bonds. The summed E-state index contributed by atoms with van der Waals surface area (Å²) in [5.41, 5.74) is 5.68. The van der Waals surface area contributed by atoms with Crippen LogP contribution in [-0.2, 0) is 4.79 Å². The number of carbonyl (C=O) groups excluding carboxylic acids is 1. The van der Waals surface area contributed by atoms with Gasteiger partial charge in [0.2, 0.25) is 5.91 Å². The molecule has 14 heavy (non-hydrogen) atoms. The zero-order chi connectivity index (χ0) is 10.9. The van der Waals surface area contributed by atoms with E-state index in [1.165, 1.54) is 4.90 Å². The smallest absolute Gasteiger partial charge is 0.239 e. The molecule has 1 heterocycles. The first kappa shape index (κ1) is 11.4. The molecular formula is C9H18N2O3. The highest BCUT2D eigenvalue weighted by atomic mass is 16.3. The molecule has 0 spiro atoms. The van der Waals surface area contributed by atoms with E-state index in [0.29, 0.717) is 0 Å². The summed E-state index contributed by atoms with van der Waals surface area (Å²) < 4.78 is 0. The van der Waals surface area contributed by atoms with Crippen LogP contribution in [0.3, 0.4) is 0 Å². The Bertz CT molecular complexity index is 210.